The molecule has 0 atom stereocenters. The van der Waals surface area contributed by atoms with Crippen molar-refractivity contribution in [2.24, 2.45) is 0 Å². The average Bonchev–Trinajstić information content (AvgIpc) is 3.12. The van der Waals surface area contributed by atoms with Gasteiger partial charge in [-0.05, 0) is 39.4 Å². The highest BCUT2D eigenvalue weighted by atomic mass is 32.2. The molecule has 2 rings (SSSR count). The van der Waals surface area contributed by atoms with Crippen LogP contribution in [0.4, 0.5) is 11.9 Å². The number of anilines is 2. The highest BCUT2D eigenvalue weighted by Gasteiger charge is 2.23. The van der Waals surface area contributed by atoms with Gasteiger partial charge in [-0.2, -0.15) is 15.0 Å². The second-order valence-electron chi connectivity index (χ2n) is 5.25. The topological polar surface area (TPSA) is 62.7 Å². The summed E-state index contributed by atoms with van der Waals surface area (Å²) in [5.41, 5.74) is -0.00607. The molecular weight excluding hydrogens is 246 g/mol. The standard InChI is InChI=1S/C12H21N5S/c1-5-12(2,3)17-10-14-9(13-8-6-7-8)15-11(16-10)18-4/h8H,5-7H2,1-4H3,(H2,13,14,15,16,17). The van der Waals surface area contributed by atoms with Crippen molar-refractivity contribution in [2.75, 3.05) is 16.9 Å². The number of rotatable bonds is 6. The molecule has 2 N–H and O–H groups in total. The normalized spacial score (nSPS) is 15.6. The van der Waals surface area contributed by atoms with Gasteiger partial charge in [0.15, 0.2) is 5.16 Å². The lowest BCUT2D eigenvalue weighted by Gasteiger charge is -2.24. The lowest BCUT2D eigenvalue weighted by Crippen LogP contribution is -2.31. The van der Waals surface area contributed by atoms with Crippen molar-refractivity contribution in [1.29, 1.82) is 0 Å². The quantitative estimate of drug-likeness (QED) is 0.773. The molecule has 5 nitrogen and oxygen atoms in total. The van der Waals surface area contributed by atoms with E-state index in [1.807, 2.05) is 6.26 Å². The van der Waals surface area contributed by atoms with E-state index in [9.17, 15) is 0 Å². The van der Waals surface area contributed by atoms with Gasteiger partial charge in [0.1, 0.15) is 0 Å². The Bertz CT molecular complexity index is 417. The number of hydrogen-bond acceptors (Lipinski definition) is 6. The maximum absolute atomic E-state index is 4.44. The first-order chi connectivity index (χ1) is 8.52. The van der Waals surface area contributed by atoms with E-state index in [2.05, 4.69) is 46.4 Å². The third kappa shape index (κ3) is 3.73. The Morgan fingerprint density at radius 3 is 2.44 bits per heavy atom. The molecule has 0 amide bonds. The number of nitrogens with zero attached hydrogens (tertiary/aromatic N) is 3. The summed E-state index contributed by atoms with van der Waals surface area (Å²) in [5, 5.41) is 7.43. The summed E-state index contributed by atoms with van der Waals surface area (Å²) in [7, 11) is 0. The van der Waals surface area contributed by atoms with Gasteiger partial charge in [-0.1, -0.05) is 18.7 Å². The van der Waals surface area contributed by atoms with Gasteiger partial charge in [0.2, 0.25) is 11.9 Å². The number of thioether (sulfide) groups is 1. The molecule has 1 saturated carbocycles. The van der Waals surface area contributed by atoms with Crippen LogP contribution >= 0.6 is 11.8 Å². The molecule has 0 spiro atoms. The lowest BCUT2D eigenvalue weighted by molar-refractivity contribution is 0.540. The van der Waals surface area contributed by atoms with E-state index >= 15 is 0 Å². The minimum Gasteiger partial charge on any atom is -0.351 e. The Morgan fingerprint density at radius 1 is 1.22 bits per heavy atom. The van der Waals surface area contributed by atoms with Gasteiger partial charge in [0.25, 0.3) is 0 Å². The zero-order valence-electron chi connectivity index (χ0n) is 11.4. The summed E-state index contributed by atoms with van der Waals surface area (Å²) in [5.74, 6) is 1.34. The van der Waals surface area contributed by atoms with Crippen LogP contribution < -0.4 is 10.6 Å². The monoisotopic (exact) mass is 267 g/mol. The Labute approximate surface area is 113 Å². The summed E-state index contributed by atoms with van der Waals surface area (Å²) < 4.78 is 0. The number of nitrogens with one attached hydrogen (secondary N) is 2. The summed E-state index contributed by atoms with van der Waals surface area (Å²) in [4.78, 5) is 13.2. The van der Waals surface area contributed by atoms with Crippen LogP contribution in [0.25, 0.3) is 0 Å². The van der Waals surface area contributed by atoms with Crippen LogP contribution in [0.1, 0.15) is 40.0 Å². The average molecular weight is 267 g/mol. The van der Waals surface area contributed by atoms with Crippen molar-refractivity contribution in [1.82, 2.24) is 15.0 Å². The molecule has 0 saturated heterocycles. The van der Waals surface area contributed by atoms with Crippen LogP contribution in [0.3, 0.4) is 0 Å². The molecule has 1 heterocycles. The zero-order chi connectivity index (χ0) is 13.2. The highest BCUT2D eigenvalue weighted by Crippen LogP contribution is 2.25. The van der Waals surface area contributed by atoms with Crippen LogP contribution in [-0.2, 0) is 0 Å². The summed E-state index contributed by atoms with van der Waals surface area (Å²) >= 11 is 1.54. The first kappa shape index (κ1) is 13.4. The maximum atomic E-state index is 4.44. The van der Waals surface area contributed by atoms with Crippen molar-refractivity contribution in [3.8, 4) is 0 Å². The molecule has 1 aliphatic carbocycles. The van der Waals surface area contributed by atoms with E-state index in [0.29, 0.717) is 17.9 Å². The molecule has 1 aromatic rings. The van der Waals surface area contributed by atoms with Crippen LogP contribution in [0.2, 0.25) is 0 Å². The van der Waals surface area contributed by atoms with Crippen LogP contribution in [-0.4, -0.2) is 32.8 Å². The third-order valence-corrected chi connectivity index (χ3v) is 3.59. The second-order valence-corrected chi connectivity index (χ2v) is 6.02. The zero-order valence-corrected chi connectivity index (χ0v) is 12.3. The SMILES string of the molecule is CCC(C)(C)Nc1nc(NC2CC2)nc(SC)n1. The maximum Gasteiger partial charge on any atom is 0.228 e. The van der Waals surface area contributed by atoms with Gasteiger partial charge in [-0.25, -0.2) is 0 Å². The smallest absolute Gasteiger partial charge is 0.228 e. The van der Waals surface area contributed by atoms with E-state index in [-0.39, 0.29) is 5.54 Å². The minimum atomic E-state index is -0.00607. The Morgan fingerprint density at radius 2 is 1.89 bits per heavy atom. The fourth-order valence-corrected chi connectivity index (χ4v) is 1.73. The predicted molar refractivity (Wildman–Crippen MR) is 76.2 cm³/mol. The van der Waals surface area contributed by atoms with Crippen LogP contribution in [0, 0.1) is 0 Å². The Kier molecular flexibility index (Phi) is 3.94. The summed E-state index contributed by atoms with van der Waals surface area (Å²) in [6.45, 7) is 6.43. The van der Waals surface area contributed by atoms with Gasteiger partial charge < -0.3 is 10.6 Å². The molecule has 0 unspecified atom stereocenters. The number of aromatic nitrogens is 3. The van der Waals surface area contributed by atoms with Gasteiger partial charge in [0.05, 0.1) is 0 Å². The molecule has 0 radical (unpaired) electrons. The molecule has 1 aliphatic rings. The van der Waals surface area contributed by atoms with Crippen LogP contribution in [0.5, 0.6) is 0 Å². The molecule has 0 aliphatic heterocycles. The van der Waals surface area contributed by atoms with Crippen molar-refractivity contribution in [3.63, 3.8) is 0 Å². The highest BCUT2D eigenvalue weighted by molar-refractivity contribution is 7.98. The van der Waals surface area contributed by atoms with E-state index in [1.165, 1.54) is 24.6 Å². The molecule has 1 fully saturated rings. The predicted octanol–water partition coefficient (Wildman–Crippen LogP) is 2.77. The van der Waals surface area contributed by atoms with E-state index < -0.39 is 0 Å². The van der Waals surface area contributed by atoms with E-state index in [1.54, 1.807) is 0 Å². The minimum absolute atomic E-state index is 0.00607. The Hall–Kier alpha value is -1.04. The van der Waals surface area contributed by atoms with Crippen molar-refractivity contribution >= 4 is 23.7 Å². The summed E-state index contributed by atoms with van der Waals surface area (Å²) in [6, 6.07) is 0.550. The molecule has 0 bridgehead atoms. The first-order valence-corrected chi connectivity index (χ1v) is 7.59. The lowest BCUT2D eigenvalue weighted by atomic mass is 10.0. The number of hydrogen-bond donors (Lipinski definition) is 2. The Balaban J connectivity index is 2.17. The first-order valence-electron chi connectivity index (χ1n) is 6.37. The third-order valence-electron chi connectivity index (χ3n) is 3.04. The fourth-order valence-electron chi connectivity index (χ4n) is 1.37. The van der Waals surface area contributed by atoms with E-state index in [0.717, 1.165) is 11.6 Å². The fraction of sp³-hybridized carbons (Fsp3) is 0.750. The molecule has 18 heavy (non-hydrogen) atoms. The summed E-state index contributed by atoms with van der Waals surface area (Å²) in [6.07, 6.45) is 5.41. The van der Waals surface area contributed by atoms with Gasteiger partial charge in [-0.15, -0.1) is 0 Å². The molecule has 0 aromatic carbocycles. The largest absolute Gasteiger partial charge is 0.351 e. The molecule has 1 aromatic heterocycles. The van der Waals surface area contributed by atoms with Crippen molar-refractivity contribution in [2.45, 2.75) is 56.8 Å². The van der Waals surface area contributed by atoms with Gasteiger partial charge in [0, 0.05) is 11.6 Å². The van der Waals surface area contributed by atoms with E-state index in [4.69, 9.17) is 0 Å². The van der Waals surface area contributed by atoms with Crippen LogP contribution in [0.15, 0.2) is 5.16 Å². The molecular formula is C12H21N5S. The van der Waals surface area contributed by atoms with Gasteiger partial charge >= 0.3 is 0 Å². The molecule has 6 heteroatoms. The second kappa shape index (κ2) is 5.30. The molecule has 100 valence electrons. The van der Waals surface area contributed by atoms with Gasteiger partial charge in [-0.3, -0.25) is 0 Å². The van der Waals surface area contributed by atoms with Crippen molar-refractivity contribution < 1.29 is 0 Å². The van der Waals surface area contributed by atoms with Crippen molar-refractivity contribution in [3.05, 3.63) is 0 Å².